The molecule has 1 fully saturated rings. The normalized spacial score (nSPS) is 22.8. The predicted molar refractivity (Wildman–Crippen MR) is 67.5 cm³/mol. The Bertz CT molecular complexity index is 456. The third kappa shape index (κ3) is 2.53. The summed E-state index contributed by atoms with van der Waals surface area (Å²) in [5.41, 5.74) is 6.38. The molecule has 1 saturated heterocycles. The van der Waals surface area contributed by atoms with Gasteiger partial charge >= 0.3 is 5.97 Å². The molecule has 2 heterocycles. The molecule has 1 unspecified atom stereocenters. The van der Waals surface area contributed by atoms with E-state index in [1.807, 2.05) is 6.92 Å². The lowest BCUT2D eigenvalue weighted by Gasteiger charge is -2.25. The van der Waals surface area contributed by atoms with Crippen LogP contribution < -0.4 is 11.1 Å². The van der Waals surface area contributed by atoms with E-state index in [0.29, 0.717) is 24.7 Å². The molecule has 0 aliphatic carbocycles. The molecule has 0 spiro atoms. The highest BCUT2D eigenvalue weighted by Gasteiger charge is 2.30. The van der Waals surface area contributed by atoms with E-state index in [9.17, 15) is 4.79 Å². The summed E-state index contributed by atoms with van der Waals surface area (Å²) in [6.07, 6.45) is 0.872. The molecular formula is C12H17N3O3. The molecule has 0 saturated carbocycles. The topological polar surface area (TPSA) is 86.5 Å². The smallest absolute Gasteiger partial charge is 0.356 e. The maximum atomic E-state index is 11.4. The van der Waals surface area contributed by atoms with Crippen molar-refractivity contribution in [2.45, 2.75) is 18.9 Å². The SMILES string of the molecule is COC(=O)c1ccc(N)c(NC2(C)CCOC2)n1. The van der Waals surface area contributed by atoms with Gasteiger partial charge in [-0.25, -0.2) is 9.78 Å². The first-order valence-electron chi connectivity index (χ1n) is 5.75. The molecule has 0 aromatic carbocycles. The highest BCUT2D eigenvalue weighted by Crippen LogP contribution is 2.26. The predicted octanol–water partition coefficient (Wildman–Crippen LogP) is 1.04. The second-order valence-corrected chi connectivity index (χ2v) is 4.61. The number of anilines is 2. The first-order chi connectivity index (χ1) is 8.54. The first-order valence-corrected chi connectivity index (χ1v) is 5.75. The average molecular weight is 251 g/mol. The monoisotopic (exact) mass is 251 g/mol. The lowest BCUT2D eigenvalue weighted by molar-refractivity contribution is 0.0594. The van der Waals surface area contributed by atoms with Crippen molar-refractivity contribution in [2.75, 3.05) is 31.4 Å². The molecular weight excluding hydrogens is 234 g/mol. The van der Waals surface area contributed by atoms with Crippen LogP contribution in [0.2, 0.25) is 0 Å². The van der Waals surface area contributed by atoms with Crippen molar-refractivity contribution in [1.82, 2.24) is 4.98 Å². The Labute approximate surface area is 105 Å². The Balaban J connectivity index is 2.23. The third-order valence-corrected chi connectivity index (χ3v) is 2.96. The summed E-state index contributed by atoms with van der Waals surface area (Å²) in [5.74, 6) is 0.0109. The number of carbonyl (C=O) groups is 1. The average Bonchev–Trinajstić information content (AvgIpc) is 2.78. The van der Waals surface area contributed by atoms with Crippen molar-refractivity contribution >= 4 is 17.5 Å². The molecule has 2 rings (SSSR count). The summed E-state index contributed by atoms with van der Waals surface area (Å²) in [6.45, 7) is 3.34. The van der Waals surface area contributed by atoms with Gasteiger partial charge in [0, 0.05) is 6.61 Å². The fourth-order valence-corrected chi connectivity index (χ4v) is 1.84. The van der Waals surface area contributed by atoms with Gasteiger partial charge in [-0.3, -0.25) is 0 Å². The number of hydrogen-bond donors (Lipinski definition) is 2. The lowest BCUT2D eigenvalue weighted by Crippen LogP contribution is -2.35. The van der Waals surface area contributed by atoms with Crippen LogP contribution in [0.4, 0.5) is 11.5 Å². The number of hydrogen-bond acceptors (Lipinski definition) is 6. The van der Waals surface area contributed by atoms with Gasteiger partial charge in [-0.05, 0) is 25.5 Å². The van der Waals surface area contributed by atoms with Gasteiger partial charge in [-0.1, -0.05) is 0 Å². The molecule has 1 aliphatic heterocycles. The number of ether oxygens (including phenoxy) is 2. The number of nitrogen functional groups attached to an aromatic ring is 1. The van der Waals surface area contributed by atoms with Gasteiger partial charge in [0.2, 0.25) is 0 Å². The standard InChI is InChI=1S/C12H17N3O3/c1-12(5-6-18-7-12)15-10-8(13)3-4-9(14-10)11(16)17-2/h3-4H,5-7,13H2,1-2H3,(H,14,15). The van der Waals surface area contributed by atoms with E-state index in [4.69, 9.17) is 10.5 Å². The number of carbonyl (C=O) groups excluding carboxylic acids is 1. The summed E-state index contributed by atoms with van der Waals surface area (Å²) in [7, 11) is 1.32. The largest absolute Gasteiger partial charge is 0.464 e. The van der Waals surface area contributed by atoms with Crippen LogP contribution in [-0.4, -0.2) is 36.8 Å². The van der Waals surface area contributed by atoms with Gasteiger partial charge in [0.1, 0.15) is 0 Å². The van der Waals surface area contributed by atoms with Gasteiger partial charge in [-0.2, -0.15) is 0 Å². The summed E-state index contributed by atoms with van der Waals surface area (Å²) in [5, 5.41) is 3.24. The minimum absolute atomic E-state index is 0.199. The quantitative estimate of drug-likeness (QED) is 0.781. The molecule has 0 radical (unpaired) electrons. The van der Waals surface area contributed by atoms with E-state index in [-0.39, 0.29) is 11.2 Å². The molecule has 1 aromatic rings. The van der Waals surface area contributed by atoms with E-state index < -0.39 is 5.97 Å². The van der Waals surface area contributed by atoms with Crippen LogP contribution in [0, 0.1) is 0 Å². The van der Waals surface area contributed by atoms with Crippen LogP contribution in [0.1, 0.15) is 23.8 Å². The van der Waals surface area contributed by atoms with Gasteiger partial charge < -0.3 is 20.5 Å². The highest BCUT2D eigenvalue weighted by molar-refractivity contribution is 5.88. The number of nitrogens with zero attached hydrogens (tertiary/aromatic N) is 1. The maximum absolute atomic E-state index is 11.4. The molecule has 1 atom stereocenters. The van der Waals surface area contributed by atoms with Crippen molar-refractivity contribution in [2.24, 2.45) is 0 Å². The van der Waals surface area contributed by atoms with E-state index in [0.717, 1.165) is 6.42 Å². The van der Waals surface area contributed by atoms with E-state index in [1.165, 1.54) is 7.11 Å². The summed E-state index contributed by atoms with van der Waals surface area (Å²) >= 11 is 0. The zero-order valence-corrected chi connectivity index (χ0v) is 10.5. The zero-order valence-electron chi connectivity index (χ0n) is 10.5. The number of rotatable bonds is 3. The van der Waals surface area contributed by atoms with Crippen LogP contribution in [0.3, 0.4) is 0 Å². The molecule has 1 aromatic heterocycles. The van der Waals surface area contributed by atoms with Crippen LogP contribution in [-0.2, 0) is 9.47 Å². The molecule has 3 N–H and O–H groups in total. The minimum atomic E-state index is -0.481. The fourth-order valence-electron chi connectivity index (χ4n) is 1.84. The number of nitrogens with two attached hydrogens (primary N) is 1. The molecule has 6 nitrogen and oxygen atoms in total. The summed E-state index contributed by atoms with van der Waals surface area (Å²) in [4.78, 5) is 15.6. The van der Waals surface area contributed by atoms with E-state index >= 15 is 0 Å². The molecule has 98 valence electrons. The Morgan fingerprint density at radius 1 is 1.61 bits per heavy atom. The number of esters is 1. The highest BCUT2D eigenvalue weighted by atomic mass is 16.5. The van der Waals surface area contributed by atoms with Crippen molar-refractivity contribution < 1.29 is 14.3 Å². The summed E-state index contributed by atoms with van der Waals surface area (Å²) < 4.78 is 9.98. The number of pyridine rings is 1. The second-order valence-electron chi connectivity index (χ2n) is 4.61. The van der Waals surface area contributed by atoms with Crippen molar-refractivity contribution in [3.63, 3.8) is 0 Å². The molecule has 0 amide bonds. The van der Waals surface area contributed by atoms with Gasteiger partial charge in [0.05, 0.1) is 24.9 Å². The Kier molecular flexibility index (Phi) is 3.38. The van der Waals surface area contributed by atoms with Crippen LogP contribution >= 0.6 is 0 Å². The Morgan fingerprint density at radius 2 is 2.39 bits per heavy atom. The van der Waals surface area contributed by atoms with Gasteiger partial charge in [0.15, 0.2) is 11.5 Å². The van der Waals surface area contributed by atoms with Crippen LogP contribution in [0.5, 0.6) is 0 Å². The van der Waals surface area contributed by atoms with Crippen LogP contribution in [0.25, 0.3) is 0 Å². The number of nitrogens with one attached hydrogen (secondary N) is 1. The van der Waals surface area contributed by atoms with E-state index in [1.54, 1.807) is 12.1 Å². The van der Waals surface area contributed by atoms with Gasteiger partial charge in [0.25, 0.3) is 0 Å². The van der Waals surface area contributed by atoms with E-state index in [2.05, 4.69) is 15.0 Å². The third-order valence-electron chi connectivity index (χ3n) is 2.96. The molecule has 18 heavy (non-hydrogen) atoms. The first kappa shape index (κ1) is 12.6. The number of methoxy groups -OCH3 is 1. The molecule has 6 heteroatoms. The molecule has 0 bridgehead atoms. The Morgan fingerprint density at radius 3 is 3.00 bits per heavy atom. The fraction of sp³-hybridized carbons (Fsp3) is 0.500. The minimum Gasteiger partial charge on any atom is -0.464 e. The lowest BCUT2D eigenvalue weighted by atomic mass is 10.0. The van der Waals surface area contributed by atoms with Gasteiger partial charge in [-0.15, -0.1) is 0 Å². The number of aromatic nitrogens is 1. The summed E-state index contributed by atoms with van der Waals surface area (Å²) in [6, 6.07) is 3.18. The maximum Gasteiger partial charge on any atom is 0.356 e. The second kappa shape index (κ2) is 4.81. The van der Waals surface area contributed by atoms with Crippen molar-refractivity contribution in [3.8, 4) is 0 Å². The van der Waals surface area contributed by atoms with Crippen molar-refractivity contribution in [3.05, 3.63) is 17.8 Å². The Hall–Kier alpha value is -1.82. The van der Waals surface area contributed by atoms with Crippen molar-refractivity contribution in [1.29, 1.82) is 0 Å². The van der Waals surface area contributed by atoms with Crippen LogP contribution in [0.15, 0.2) is 12.1 Å². The zero-order chi connectivity index (χ0) is 13.2. The molecule has 1 aliphatic rings.